The van der Waals surface area contributed by atoms with Crippen molar-refractivity contribution in [3.63, 3.8) is 0 Å². The van der Waals surface area contributed by atoms with Crippen LogP contribution in [0, 0.1) is 0 Å². The highest BCUT2D eigenvalue weighted by atomic mass is 16.8. The fraction of sp³-hybridized carbons (Fsp3) is 0.733. The van der Waals surface area contributed by atoms with Gasteiger partial charge in [0.25, 0.3) is 0 Å². The van der Waals surface area contributed by atoms with Gasteiger partial charge < -0.3 is 25.1 Å². The van der Waals surface area contributed by atoms with E-state index in [1.807, 2.05) is 6.92 Å². The first-order chi connectivity index (χ1) is 11.0. The molecule has 3 fully saturated rings. The number of hydrogen-bond acceptors (Lipinski definition) is 7. The van der Waals surface area contributed by atoms with Gasteiger partial charge in [-0.1, -0.05) is 0 Å². The van der Waals surface area contributed by atoms with Gasteiger partial charge in [-0.05, 0) is 25.8 Å². The van der Waals surface area contributed by atoms with Gasteiger partial charge in [0.1, 0.15) is 23.6 Å². The molecule has 1 spiro atoms. The van der Waals surface area contributed by atoms with Crippen LogP contribution in [0.3, 0.4) is 0 Å². The maximum atomic E-state index is 12.2. The molecule has 4 atom stereocenters. The molecule has 126 valence electrons. The first-order valence-corrected chi connectivity index (χ1v) is 7.96. The first kappa shape index (κ1) is 15.1. The summed E-state index contributed by atoms with van der Waals surface area (Å²) in [5, 5.41) is 9.65. The van der Waals surface area contributed by atoms with Gasteiger partial charge in [0, 0.05) is 19.0 Å². The number of rotatable bonds is 2. The third kappa shape index (κ3) is 2.13. The maximum Gasteiger partial charge on any atom is 0.351 e. The molecule has 8 heteroatoms. The number of aliphatic hydroxyl groups excluding tert-OH is 1. The molecule has 1 aromatic rings. The predicted molar refractivity (Wildman–Crippen MR) is 79.5 cm³/mol. The predicted octanol–water partition coefficient (Wildman–Crippen LogP) is 0.160. The number of nitrogens with two attached hydrogens (primary N) is 1. The highest BCUT2D eigenvalue weighted by molar-refractivity contribution is 5.24. The van der Waals surface area contributed by atoms with Crippen molar-refractivity contribution in [1.82, 2.24) is 9.55 Å². The van der Waals surface area contributed by atoms with Crippen LogP contribution >= 0.6 is 0 Å². The second-order valence-electron chi connectivity index (χ2n) is 6.69. The van der Waals surface area contributed by atoms with Gasteiger partial charge in [0.15, 0.2) is 12.0 Å². The van der Waals surface area contributed by atoms with E-state index in [1.165, 1.54) is 10.6 Å². The van der Waals surface area contributed by atoms with E-state index in [4.69, 9.17) is 19.9 Å². The quantitative estimate of drug-likeness (QED) is 0.798. The summed E-state index contributed by atoms with van der Waals surface area (Å²) in [5.74, 6) is -0.472. The van der Waals surface area contributed by atoms with E-state index in [-0.39, 0.29) is 12.4 Å². The Morgan fingerprint density at radius 2 is 2.22 bits per heavy atom. The lowest BCUT2D eigenvalue weighted by atomic mass is 9.96. The summed E-state index contributed by atoms with van der Waals surface area (Å²) in [6, 6.07) is 1.54. The SMILES string of the molecule is C[C@@]12OC3(CCCC3)O[C@@H]1[C@@H](CO)O[C@H]2n1ccc(N)nc1=O. The molecule has 0 aromatic carbocycles. The van der Waals surface area contributed by atoms with Crippen molar-refractivity contribution < 1.29 is 19.3 Å². The van der Waals surface area contributed by atoms with Gasteiger partial charge in [0.05, 0.1) is 6.61 Å². The van der Waals surface area contributed by atoms with Gasteiger partial charge in [-0.25, -0.2) is 4.79 Å². The van der Waals surface area contributed by atoms with E-state index in [0.29, 0.717) is 0 Å². The van der Waals surface area contributed by atoms with Crippen LogP contribution in [0.25, 0.3) is 0 Å². The summed E-state index contributed by atoms with van der Waals surface area (Å²) in [6.45, 7) is 1.67. The lowest BCUT2D eigenvalue weighted by molar-refractivity contribution is -0.232. The molecular weight excluding hydrogens is 302 g/mol. The third-order valence-electron chi connectivity index (χ3n) is 5.09. The van der Waals surface area contributed by atoms with Crippen LogP contribution in [-0.4, -0.2) is 44.9 Å². The largest absolute Gasteiger partial charge is 0.394 e. The average molecular weight is 323 g/mol. The fourth-order valence-corrected chi connectivity index (χ4v) is 4.06. The molecule has 2 saturated heterocycles. The van der Waals surface area contributed by atoms with Crippen molar-refractivity contribution in [3.8, 4) is 0 Å². The third-order valence-corrected chi connectivity index (χ3v) is 5.09. The highest BCUT2D eigenvalue weighted by Gasteiger charge is 2.66. The monoisotopic (exact) mass is 323 g/mol. The summed E-state index contributed by atoms with van der Waals surface area (Å²) >= 11 is 0. The first-order valence-electron chi connectivity index (χ1n) is 7.96. The minimum Gasteiger partial charge on any atom is -0.394 e. The van der Waals surface area contributed by atoms with Gasteiger partial charge in [0.2, 0.25) is 0 Å². The van der Waals surface area contributed by atoms with Crippen LogP contribution in [0.15, 0.2) is 17.1 Å². The zero-order valence-electron chi connectivity index (χ0n) is 13.0. The second kappa shape index (κ2) is 5.01. The Morgan fingerprint density at radius 1 is 1.48 bits per heavy atom. The summed E-state index contributed by atoms with van der Waals surface area (Å²) < 4.78 is 19.7. The molecule has 0 amide bonds. The minimum absolute atomic E-state index is 0.153. The van der Waals surface area contributed by atoms with Crippen LogP contribution in [-0.2, 0) is 14.2 Å². The van der Waals surface area contributed by atoms with Crippen molar-refractivity contribution in [2.45, 2.75) is 62.4 Å². The van der Waals surface area contributed by atoms with E-state index < -0.39 is 35.5 Å². The molecule has 1 saturated carbocycles. The molecule has 1 aliphatic carbocycles. The zero-order valence-corrected chi connectivity index (χ0v) is 13.0. The lowest BCUT2D eigenvalue weighted by Crippen LogP contribution is -2.45. The van der Waals surface area contributed by atoms with E-state index in [1.54, 1.807) is 6.20 Å². The van der Waals surface area contributed by atoms with E-state index >= 15 is 0 Å². The number of hydrogen-bond donors (Lipinski definition) is 2. The number of aromatic nitrogens is 2. The van der Waals surface area contributed by atoms with E-state index in [0.717, 1.165) is 25.7 Å². The number of anilines is 1. The number of nitrogen functional groups attached to an aromatic ring is 1. The Kier molecular flexibility index (Phi) is 3.28. The van der Waals surface area contributed by atoms with Crippen LogP contribution < -0.4 is 11.4 Å². The molecule has 3 heterocycles. The van der Waals surface area contributed by atoms with Crippen molar-refractivity contribution in [1.29, 1.82) is 0 Å². The Bertz CT molecular complexity index is 671. The molecule has 0 bridgehead atoms. The Morgan fingerprint density at radius 3 is 2.87 bits per heavy atom. The maximum absolute atomic E-state index is 12.2. The summed E-state index contributed by atoms with van der Waals surface area (Å²) in [5.41, 5.74) is 4.18. The molecule has 3 aliphatic rings. The van der Waals surface area contributed by atoms with Gasteiger partial charge in [-0.15, -0.1) is 0 Å². The molecular formula is C15H21N3O5. The van der Waals surface area contributed by atoms with Crippen molar-refractivity contribution in [2.24, 2.45) is 0 Å². The van der Waals surface area contributed by atoms with Crippen LogP contribution in [0.4, 0.5) is 5.82 Å². The average Bonchev–Trinajstić information content (AvgIpc) is 3.13. The van der Waals surface area contributed by atoms with Crippen LogP contribution in [0.2, 0.25) is 0 Å². The molecule has 0 radical (unpaired) electrons. The molecule has 2 aliphatic heterocycles. The van der Waals surface area contributed by atoms with Crippen molar-refractivity contribution in [2.75, 3.05) is 12.3 Å². The zero-order chi connectivity index (χ0) is 16.2. The summed E-state index contributed by atoms with van der Waals surface area (Å²) in [6.07, 6.45) is 3.57. The fourth-order valence-electron chi connectivity index (χ4n) is 4.06. The van der Waals surface area contributed by atoms with Crippen molar-refractivity contribution in [3.05, 3.63) is 22.7 Å². The Balaban J connectivity index is 1.74. The standard InChI is InChI=1S/C15H21N3O5/c1-14-11(22-15(23-14)5-2-3-6-15)9(8-19)21-12(14)18-7-4-10(16)17-13(18)20/h4,7,9,11-12,19H,2-3,5-6,8H2,1H3,(H2,16,17,20)/t9-,11-,12-,14-/m1/s1. The van der Waals surface area contributed by atoms with E-state index in [9.17, 15) is 9.90 Å². The van der Waals surface area contributed by atoms with Crippen molar-refractivity contribution >= 4 is 5.82 Å². The second-order valence-corrected chi connectivity index (χ2v) is 6.69. The normalized spacial score (nSPS) is 38.3. The minimum atomic E-state index is -0.862. The lowest BCUT2D eigenvalue weighted by Gasteiger charge is -2.31. The van der Waals surface area contributed by atoms with Gasteiger partial charge in [-0.2, -0.15) is 4.98 Å². The Hall–Kier alpha value is -1.48. The molecule has 4 rings (SSSR count). The smallest absolute Gasteiger partial charge is 0.351 e. The summed E-state index contributed by atoms with van der Waals surface area (Å²) in [7, 11) is 0. The van der Waals surface area contributed by atoms with Gasteiger partial charge >= 0.3 is 5.69 Å². The number of aliphatic hydroxyl groups is 1. The highest BCUT2D eigenvalue weighted by Crippen LogP contribution is 2.54. The van der Waals surface area contributed by atoms with Crippen LogP contribution in [0.5, 0.6) is 0 Å². The number of ether oxygens (including phenoxy) is 3. The topological polar surface area (TPSA) is 109 Å². The number of nitrogens with zero attached hydrogens (tertiary/aromatic N) is 2. The Labute approximate surface area is 133 Å². The molecule has 3 N–H and O–H groups in total. The van der Waals surface area contributed by atoms with Crippen LogP contribution in [0.1, 0.15) is 38.8 Å². The van der Waals surface area contributed by atoms with Gasteiger partial charge in [-0.3, -0.25) is 4.57 Å². The summed E-state index contributed by atoms with van der Waals surface area (Å²) in [4.78, 5) is 15.9. The molecule has 0 unspecified atom stereocenters. The van der Waals surface area contributed by atoms with E-state index in [2.05, 4.69) is 4.98 Å². The number of fused-ring (bicyclic) bond motifs is 1. The molecule has 1 aromatic heterocycles. The molecule has 8 nitrogen and oxygen atoms in total. The molecule has 23 heavy (non-hydrogen) atoms.